The summed E-state index contributed by atoms with van der Waals surface area (Å²) in [5, 5.41) is 6.90. The molecule has 3 unspecified atom stereocenters. The van der Waals surface area contributed by atoms with Gasteiger partial charge in [0.25, 0.3) is 11.7 Å². The number of aryl methyl sites for hydroxylation is 1. The molecule has 1 aliphatic rings. The molecule has 0 spiro atoms. The van der Waals surface area contributed by atoms with Crippen LogP contribution in [-0.4, -0.2) is 64.3 Å². The number of carbonyl (C=O) groups is 2. The molecule has 1 saturated heterocycles. The van der Waals surface area contributed by atoms with Gasteiger partial charge in [0.1, 0.15) is 0 Å². The number of benzene rings is 1. The Kier molecular flexibility index (Phi) is 7.28. The lowest BCUT2D eigenvalue weighted by Crippen LogP contribution is -2.52. The van der Waals surface area contributed by atoms with E-state index in [1.807, 2.05) is 20.8 Å². The van der Waals surface area contributed by atoms with E-state index in [9.17, 15) is 22.8 Å². The van der Waals surface area contributed by atoms with Crippen molar-refractivity contribution in [3.63, 3.8) is 0 Å². The van der Waals surface area contributed by atoms with Crippen LogP contribution in [0.2, 0.25) is 0 Å². The predicted molar refractivity (Wildman–Crippen MR) is 116 cm³/mol. The Hall–Kier alpha value is -2.72. The van der Waals surface area contributed by atoms with Crippen LogP contribution in [0.3, 0.4) is 0 Å². The number of hydrogen-bond acceptors (Lipinski definition) is 5. The maximum atomic E-state index is 13.1. The molecule has 1 fully saturated rings. The summed E-state index contributed by atoms with van der Waals surface area (Å²) in [6.45, 7) is 10.8. The van der Waals surface area contributed by atoms with Gasteiger partial charge in [0.05, 0.1) is 40.4 Å². The van der Waals surface area contributed by atoms with E-state index in [0.717, 1.165) is 25.2 Å². The van der Waals surface area contributed by atoms with Crippen molar-refractivity contribution in [1.82, 2.24) is 20.0 Å². The van der Waals surface area contributed by atoms with E-state index in [2.05, 4.69) is 15.3 Å². The Morgan fingerprint density at radius 2 is 1.85 bits per heavy atom. The minimum absolute atomic E-state index is 0.00516. The second-order valence-electron chi connectivity index (χ2n) is 8.61. The molecule has 2 heterocycles. The van der Waals surface area contributed by atoms with Crippen LogP contribution in [0.5, 0.6) is 0 Å². The van der Waals surface area contributed by atoms with Crippen LogP contribution in [0.4, 0.5) is 13.2 Å². The number of rotatable bonds is 6. The first kappa shape index (κ1) is 24.9. The van der Waals surface area contributed by atoms with Gasteiger partial charge in [0.15, 0.2) is 0 Å². The lowest BCUT2D eigenvalue weighted by Gasteiger charge is -2.38. The van der Waals surface area contributed by atoms with Crippen molar-refractivity contribution >= 4 is 11.7 Å². The Bertz CT molecular complexity index is 1020. The topological polar surface area (TPSA) is 76.5 Å². The first-order valence-corrected chi connectivity index (χ1v) is 10.8. The van der Waals surface area contributed by atoms with Gasteiger partial charge in [-0.1, -0.05) is 6.07 Å². The smallest absolute Gasteiger partial charge is 0.373 e. The van der Waals surface area contributed by atoms with E-state index >= 15 is 0 Å². The van der Waals surface area contributed by atoms with Crippen molar-refractivity contribution in [2.75, 3.05) is 19.6 Å². The molecule has 1 aromatic carbocycles. The van der Waals surface area contributed by atoms with Gasteiger partial charge in [-0.25, -0.2) is 4.68 Å². The molecule has 2 aromatic rings. The number of Topliss-reactive ketones (excluding diaryl/α,β-unsaturated/α-hetero) is 1. The normalized spacial score (nSPS) is 20.5. The number of aromatic nitrogens is 2. The quantitative estimate of drug-likeness (QED) is 0.522. The van der Waals surface area contributed by atoms with Gasteiger partial charge >= 0.3 is 6.18 Å². The van der Waals surface area contributed by atoms with Gasteiger partial charge in [-0.05, 0) is 52.8 Å². The van der Waals surface area contributed by atoms with Gasteiger partial charge in [-0.15, -0.1) is 0 Å². The van der Waals surface area contributed by atoms with Crippen LogP contribution in [0, 0.1) is 13.8 Å². The fraction of sp³-hybridized carbons (Fsp3) is 0.522. The second-order valence-corrected chi connectivity index (χ2v) is 8.61. The molecule has 1 N–H and O–H groups in total. The number of carbonyl (C=O) groups excluding carboxylic acids is 2. The Labute approximate surface area is 190 Å². The standard InChI is InChI=1S/C23H29F3N4O3/c1-13(29-11-14(2)33-15(3)12-29)10-27-22(32)21(31)20-16(4)28-30(17(20)5)19-8-6-7-18(9-19)23(24,25)26/h6-9,13-15H,10-12H2,1-5H3,(H,27,32). The molecule has 0 bridgehead atoms. The third-order valence-corrected chi connectivity index (χ3v) is 5.77. The highest BCUT2D eigenvalue weighted by Crippen LogP contribution is 2.31. The minimum atomic E-state index is -4.50. The van der Waals surface area contributed by atoms with Gasteiger partial charge in [0.2, 0.25) is 0 Å². The summed E-state index contributed by atoms with van der Waals surface area (Å²) < 4.78 is 46.2. The number of morpholine rings is 1. The number of nitrogens with one attached hydrogen (secondary N) is 1. The molecule has 33 heavy (non-hydrogen) atoms. The van der Waals surface area contributed by atoms with Crippen molar-refractivity contribution in [2.45, 2.75) is 59.0 Å². The Balaban J connectivity index is 1.73. The van der Waals surface area contributed by atoms with Crippen molar-refractivity contribution in [3.8, 4) is 5.69 Å². The van der Waals surface area contributed by atoms with Gasteiger partial charge < -0.3 is 10.1 Å². The van der Waals surface area contributed by atoms with E-state index in [1.165, 1.54) is 16.8 Å². The molecule has 3 atom stereocenters. The lowest BCUT2D eigenvalue weighted by atomic mass is 10.1. The highest BCUT2D eigenvalue weighted by atomic mass is 19.4. The molecular weight excluding hydrogens is 437 g/mol. The maximum Gasteiger partial charge on any atom is 0.416 e. The number of hydrogen-bond donors (Lipinski definition) is 1. The second kappa shape index (κ2) is 9.64. The molecule has 180 valence electrons. The molecule has 1 amide bonds. The van der Waals surface area contributed by atoms with Crippen LogP contribution < -0.4 is 5.32 Å². The molecule has 7 nitrogen and oxygen atoms in total. The van der Waals surface area contributed by atoms with E-state index in [4.69, 9.17) is 4.74 Å². The van der Waals surface area contributed by atoms with Crippen LogP contribution in [0.1, 0.15) is 48.1 Å². The van der Waals surface area contributed by atoms with Crippen LogP contribution >= 0.6 is 0 Å². The maximum absolute atomic E-state index is 13.1. The zero-order valence-electron chi connectivity index (χ0n) is 19.4. The summed E-state index contributed by atoms with van der Waals surface area (Å²) in [6, 6.07) is 4.67. The number of alkyl halides is 3. The zero-order valence-corrected chi connectivity index (χ0v) is 19.4. The summed E-state index contributed by atoms with van der Waals surface area (Å²) in [4.78, 5) is 27.7. The molecule has 0 aliphatic carbocycles. The Morgan fingerprint density at radius 3 is 2.45 bits per heavy atom. The summed E-state index contributed by atoms with van der Waals surface area (Å²) in [5.74, 6) is -1.54. The summed E-state index contributed by atoms with van der Waals surface area (Å²) in [5.41, 5.74) is 0.00365. The average molecular weight is 467 g/mol. The number of halogens is 3. The predicted octanol–water partition coefficient (Wildman–Crippen LogP) is 3.30. The Morgan fingerprint density at radius 1 is 1.21 bits per heavy atom. The van der Waals surface area contributed by atoms with E-state index in [-0.39, 0.29) is 41.7 Å². The number of amides is 1. The number of ether oxygens (including phenoxy) is 1. The first-order valence-electron chi connectivity index (χ1n) is 10.8. The van der Waals surface area contributed by atoms with Gasteiger partial charge in [0, 0.05) is 25.7 Å². The molecule has 10 heteroatoms. The van der Waals surface area contributed by atoms with E-state index < -0.39 is 23.4 Å². The molecule has 1 aromatic heterocycles. The largest absolute Gasteiger partial charge is 0.416 e. The third-order valence-electron chi connectivity index (χ3n) is 5.77. The monoisotopic (exact) mass is 466 g/mol. The third kappa shape index (κ3) is 5.62. The van der Waals surface area contributed by atoms with E-state index in [0.29, 0.717) is 5.69 Å². The van der Waals surface area contributed by atoms with Crippen LogP contribution in [-0.2, 0) is 15.7 Å². The van der Waals surface area contributed by atoms with E-state index in [1.54, 1.807) is 13.8 Å². The highest BCUT2D eigenvalue weighted by Gasteiger charge is 2.32. The molecule has 3 rings (SSSR count). The molecular formula is C23H29F3N4O3. The molecule has 0 radical (unpaired) electrons. The SMILES string of the molecule is Cc1nn(-c2cccc(C(F)(F)F)c2)c(C)c1C(=O)C(=O)NCC(C)N1CC(C)OC(C)C1. The fourth-order valence-electron chi connectivity index (χ4n) is 4.18. The number of ketones is 1. The molecule has 0 saturated carbocycles. The summed E-state index contributed by atoms with van der Waals surface area (Å²) >= 11 is 0. The van der Waals surface area contributed by atoms with Crippen molar-refractivity contribution < 1.29 is 27.5 Å². The van der Waals surface area contributed by atoms with Crippen molar-refractivity contribution in [2.24, 2.45) is 0 Å². The zero-order chi connectivity index (χ0) is 24.5. The van der Waals surface area contributed by atoms with Gasteiger partial charge in [-0.2, -0.15) is 18.3 Å². The van der Waals surface area contributed by atoms with Crippen LogP contribution in [0.25, 0.3) is 5.69 Å². The summed E-state index contributed by atoms with van der Waals surface area (Å²) in [7, 11) is 0. The van der Waals surface area contributed by atoms with Crippen LogP contribution in [0.15, 0.2) is 24.3 Å². The average Bonchev–Trinajstić information content (AvgIpc) is 3.03. The lowest BCUT2D eigenvalue weighted by molar-refractivity contribution is -0.137. The van der Waals surface area contributed by atoms with Crippen molar-refractivity contribution in [3.05, 3.63) is 46.8 Å². The number of nitrogens with zero attached hydrogens (tertiary/aromatic N) is 3. The van der Waals surface area contributed by atoms with Crippen molar-refractivity contribution in [1.29, 1.82) is 0 Å². The first-order chi connectivity index (χ1) is 15.4. The summed E-state index contributed by atoms with van der Waals surface area (Å²) in [6.07, 6.45) is -4.33. The van der Waals surface area contributed by atoms with Gasteiger partial charge in [-0.3, -0.25) is 14.5 Å². The molecule has 1 aliphatic heterocycles. The fourth-order valence-corrected chi connectivity index (χ4v) is 4.18. The minimum Gasteiger partial charge on any atom is -0.373 e. The highest BCUT2D eigenvalue weighted by molar-refractivity contribution is 6.43.